The second-order valence-corrected chi connectivity index (χ2v) is 6.20. The Morgan fingerprint density at radius 3 is 2.44 bits per heavy atom. The largest absolute Gasteiger partial charge is 0.370 e. The second kappa shape index (κ2) is 7.01. The van der Waals surface area contributed by atoms with Gasteiger partial charge in [-0.25, -0.2) is 0 Å². The number of rotatable bonds is 3. The van der Waals surface area contributed by atoms with Crippen LogP contribution in [0.2, 0.25) is 0 Å². The highest BCUT2D eigenvalue weighted by Crippen LogP contribution is 2.26. The minimum atomic E-state index is 0.790. The molecule has 0 amide bonds. The maximum absolute atomic E-state index is 6.09. The highest BCUT2D eigenvalue weighted by Gasteiger charge is 2.17. The van der Waals surface area contributed by atoms with E-state index in [0.29, 0.717) is 0 Å². The zero-order chi connectivity index (χ0) is 12.8. The molecule has 0 aromatic rings. The first kappa shape index (κ1) is 13.7. The average Bonchev–Trinajstić information content (AvgIpc) is 2.40. The number of guanidine groups is 1. The van der Waals surface area contributed by atoms with Crippen molar-refractivity contribution in [3.63, 3.8) is 0 Å². The lowest BCUT2D eigenvalue weighted by Crippen LogP contribution is -2.42. The van der Waals surface area contributed by atoms with Crippen LogP contribution >= 0.6 is 0 Å². The third kappa shape index (κ3) is 4.18. The number of hydrogen-bond acceptors (Lipinski definition) is 1. The van der Waals surface area contributed by atoms with E-state index in [2.05, 4.69) is 16.8 Å². The first-order chi connectivity index (χ1) is 8.75. The molecule has 2 N–H and O–H groups in total. The predicted octanol–water partition coefficient (Wildman–Crippen LogP) is 3.00. The number of nitrogens with two attached hydrogens (primary N) is 1. The van der Waals surface area contributed by atoms with Crippen molar-refractivity contribution in [2.45, 2.75) is 58.3 Å². The summed E-state index contributed by atoms with van der Waals surface area (Å²) in [6, 6.07) is 0. The van der Waals surface area contributed by atoms with Gasteiger partial charge in [-0.1, -0.05) is 39.0 Å². The highest BCUT2D eigenvalue weighted by molar-refractivity contribution is 5.78. The zero-order valence-corrected chi connectivity index (χ0v) is 11.9. The summed E-state index contributed by atoms with van der Waals surface area (Å²) in [7, 11) is 0. The van der Waals surface area contributed by atoms with Gasteiger partial charge in [-0.3, -0.25) is 4.99 Å². The van der Waals surface area contributed by atoms with Gasteiger partial charge in [0.05, 0.1) is 0 Å². The third-order valence-corrected chi connectivity index (χ3v) is 4.64. The molecule has 0 unspecified atom stereocenters. The van der Waals surface area contributed by atoms with Crippen LogP contribution in [0, 0.1) is 11.8 Å². The molecule has 0 radical (unpaired) electrons. The molecule has 1 heterocycles. The molecule has 3 nitrogen and oxygen atoms in total. The fourth-order valence-corrected chi connectivity index (χ4v) is 3.18. The van der Waals surface area contributed by atoms with Crippen LogP contribution in [0.15, 0.2) is 4.99 Å². The van der Waals surface area contributed by atoms with Crippen molar-refractivity contribution in [3.05, 3.63) is 0 Å². The van der Waals surface area contributed by atoms with Crippen LogP contribution in [-0.2, 0) is 0 Å². The first-order valence-corrected chi connectivity index (χ1v) is 7.80. The molecule has 1 saturated heterocycles. The van der Waals surface area contributed by atoms with E-state index in [1.54, 1.807) is 0 Å². The van der Waals surface area contributed by atoms with Gasteiger partial charge in [-0.15, -0.1) is 0 Å². The minimum Gasteiger partial charge on any atom is -0.370 e. The third-order valence-electron chi connectivity index (χ3n) is 4.64. The summed E-state index contributed by atoms with van der Waals surface area (Å²) in [5.41, 5.74) is 6.09. The molecule has 1 aliphatic carbocycles. The van der Waals surface area contributed by atoms with Gasteiger partial charge in [-0.2, -0.15) is 0 Å². The van der Waals surface area contributed by atoms with Gasteiger partial charge in [0.15, 0.2) is 5.96 Å². The van der Waals surface area contributed by atoms with Gasteiger partial charge in [0.25, 0.3) is 0 Å². The molecule has 2 fully saturated rings. The summed E-state index contributed by atoms with van der Waals surface area (Å²) >= 11 is 0. The Hall–Kier alpha value is -0.730. The second-order valence-electron chi connectivity index (χ2n) is 6.20. The molecule has 2 aliphatic rings. The van der Waals surface area contributed by atoms with Crippen LogP contribution < -0.4 is 5.73 Å². The molecule has 1 saturated carbocycles. The summed E-state index contributed by atoms with van der Waals surface area (Å²) in [6.07, 6.45) is 10.9. The Morgan fingerprint density at radius 1 is 1.11 bits per heavy atom. The monoisotopic (exact) mass is 251 g/mol. The van der Waals surface area contributed by atoms with Gasteiger partial charge >= 0.3 is 0 Å². The molecule has 1 aliphatic heterocycles. The van der Waals surface area contributed by atoms with Crippen molar-refractivity contribution in [2.24, 2.45) is 22.6 Å². The molecule has 3 heteroatoms. The van der Waals surface area contributed by atoms with Gasteiger partial charge in [-0.05, 0) is 31.1 Å². The Bertz CT molecular complexity index is 261. The topological polar surface area (TPSA) is 41.6 Å². The number of nitrogens with zero attached hydrogens (tertiary/aromatic N) is 2. The Morgan fingerprint density at radius 2 is 1.78 bits per heavy atom. The number of hydrogen-bond donors (Lipinski definition) is 1. The van der Waals surface area contributed by atoms with Crippen molar-refractivity contribution >= 4 is 5.96 Å². The molecule has 0 bridgehead atoms. The summed E-state index contributed by atoms with van der Waals surface area (Å²) in [5.74, 6) is 2.56. The van der Waals surface area contributed by atoms with E-state index in [0.717, 1.165) is 37.4 Å². The zero-order valence-electron chi connectivity index (χ0n) is 11.9. The lowest BCUT2D eigenvalue weighted by atomic mass is 9.87. The smallest absolute Gasteiger partial charge is 0.191 e. The van der Waals surface area contributed by atoms with E-state index < -0.39 is 0 Å². The van der Waals surface area contributed by atoms with E-state index in [1.807, 2.05) is 0 Å². The van der Waals surface area contributed by atoms with Crippen LogP contribution in [0.1, 0.15) is 58.3 Å². The summed E-state index contributed by atoms with van der Waals surface area (Å²) < 4.78 is 0. The SMILES string of the molecule is CC1CCN(C(N)=NCCC2CCCCC2)CC1. The van der Waals surface area contributed by atoms with Crippen molar-refractivity contribution in [1.29, 1.82) is 0 Å². The van der Waals surface area contributed by atoms with Crippen molar-refractivity contribution in [3.8, 4) is 0 Å². The Balaban J connectivity index is 1.68. The molecule has 104 valence electrons. The fraction of sp³-hybridized carbons (Fsp3) is 0.933. The number of piperidine rings is 1. The molecular formula is C15H29N3. The average molecular weight is 251 g/mol. The van der Waals surface area contributed by atoms with Gasteiger partial charge in [0.2, 0.25) is 0 Å². The molecule has 0 spiro atoms. The van der Waals surface area contributed by atoms with Crippen molar-refractivity contribution in [2.75, 3.05) is 19.6 Å². The van der Waals surface area contributed by atoms with Crippen LogP contribution in [0.25, 0.3) is 0 Å². The molecule has 0 atom stereocenters. The van der Waals surface area contributed by atoms with E-state index in [1.165, 1.54) is 51.4 Å². The quantitative estimate of drug-likeness (QED) is 0.619. The fourth-order valence-electron chi connectivity index (χ4n) is 3.18. The van der Waals surface area contributed by atoms with Crippen molar-refractivity contribution in [1.82, 2.24) is 4.90 Å². The lowest BCUT2D eigenvalue weighted by molar-refractivity contribution is 0.277. The van der Waals surface area contributed by atoms with Crippen LogP contribution in [0.4, 0.5) is 0 Å². The van der Waals surface area contributed by atoms with E-state index >= 15 is 0 Å². The summed E-state index contributed by atoms with van der Waals surface area (Å²) in [5, 5.41) is 0. The normalized spacial score (nSPS) is 24.5. The molecule has 18 heavy (non-hydrogen) atoms. The van der Waals surface area contributed by atoms with Gasteiger partial charge in [0, 0.05) is 19.6 Å². The molecule has 0 aromatic heterocycles. The Labute approximate surface area is 112 Å². The van der Waals surface area contributed by atoms with Crippen molar-refractivity contribution < 1.29 is 0 Å². The maximum atomic E-state index is 6.09. The van der Waals surface area contributed by atoms with E-state index in [9.17, 15) is 0 Å². The Kier molecular flexibility index (Phi) is 5.33. The van der Waals surface area contributed by atoms with Crippen LogP contribution in [0.5, 0.6) is 0 Å². The lowest BCUT2D eigenvalue weighted by Gasteiger charge is -2.31. The van der Waals surface area contributed by atoms with E-state index in [-0.39, 0.29) is 0 Å². The highest BCUT2D eigenvalue weighted by atomic mass is 15.3. The van der Waals surface area contributed by atoms with Crippen LogP contribution in [0.3, 0.4) is 0 Å². The minimum absolute atomic E-state index is 0.790. The van der Waals surface area contributed by atoms with Gasteiger partial charge < -0.3 is 10.6 Å². The first-order valence-electron chi connectivity index (χ1n) is 7.80. The summed E-state index contributed by atoms with van der Waals surface area (Å²) in [6.45, 7) is 5.45. The number of aliphatic imine (C=N–C) groups is 1. The maximum Gasteiger partial charge on any atom is 0.191 e. The number of likely N-dealkylation sites (tertiary alicyclic amines) is 1. The summed E-state index contributed by atoms with van der Waals surface area (Å²) in [4.78, 5) is 6.85. The predicted molar refractivity (Wildman–Crippen MR) is 77.7 cm³/mol. The standard InChI is InChI=1S/C15H29N3/c1-13-8-11-18(12-9-13)15(16)17-10-7-14-5-3-2-4-6-14/h13-14H,2-12H2,1H3,(H2,16,17). The van der Waals surface area contributed by atoms with Crippen LogP contribution in [-0.4, -0.2) is 30.5 Å². The molecule has 0 aromatic carbocycles. The van der Waals surface area contributed by atoms with Gasteiger partial charge in [0.1, 0.15) is 0 Å². The molecular weight excluding hydrogens is 222 g/mol. The van der Waals surface area contributed by atoms with E-state index in [4.69, 9.17) is 5.73 Å². The molecule has 2 rings (SSSR count).